The Morgan fingerprint density at radius 3 is 2.55 bits per heavy atom. The van der Waals surface area contributed by atoms with Gasteiger partial charge in [0.05, 0.1) is 30.5 Å². The van der Waals surface area contributed by atoms with Gasteiger partial charge in [-0.2, -0.15) is 0 Å². The second-order valence-corrected chi connectivity index (χ2v) is 9.49. The predicted molar refractivity (Wildman–Crippen MR) is 124 cm³/mol. The molecule has 0 fully saturated rings. The molecule has 4 rings (SSSR count). The van der Waals surface area contributed by atoms with Gasteiger partial charge in [0.25, 0.3) is 5.56 Å². The number of carbonyl (C=O) groups excluding carboxylic acids is 1. The predicted octanol–water partition coefficient (Wildman–Crippen LogP) is 2.84. The maximum Gasteiger partial charge on any atom is 0.335 e. The Labute approximate surface area is 190 Å². The van der Waals surface area contributed by atoms with Gasteiger partial charge in [-0.05, 0) is 29.3 Å². The molecule has 0 amide bonds. The highest BCUT2D eigenvalue weighted by atomic mass is 32.3. The summed E-state index contributed by atoms with van der Waals surface area (Å²) in [6.45, 7) is -0.0752. The zero-order chi connectivity index (χ0) is 23.6. The Morgan fingerprint density at radius 1 is 1.09 bits per heavy atom. The fraction of sp³-hybridized carbons (Fsp3) is 0.174. The lowest BCUT2D eigenvalue weighted by Gasteiger charge is -2.35. The first-order chi connectivity index (χ1) is 15.8. The highest BCUT2D eigenvalue weighted by Crippen LogP contribution is 2.52. The SMILES string of the molecule is COc1cccc(COC(=O)C2=Cc3c([nH]c(=O)n(Cc4ccccc4)c3=O)S(O)(O)C2)c1. The molecule has 1 aliphatic rings. The number of esters is 1. The molecule has 0 saturated heterocycles. The van der Waals surface area contributed by atoms with Gasteiger partial charge in [0, 0.05) is 0 Å². The molecule has 33 heavy (non-hydrogen) atoms. The van der Waals surface area contributed by atoms with Gasteiger partial charge in [-0.3, -0.25) is 23.5 Å². The van der Waals surface area contributed by atoms with Gasteiger partial charge in [-0.25, -0.2) is 9.59 Å². The minimum atomic E-state index is -3.62. The van der Waals surface area contributed by atoms with E-state index in [0.29, 0.717) is 11.3 Å². The van der Waals surface area contributed by atoms with Crippen molar-refractivity contribution < 1.29 is 23.4 Å². The van der Waals surface area contributed by atoms with Crippen LogP contribution in [0.25, 0.3) is 6.08 Å². The fourth-order valence-corrected chi connectivity index (χ4v) is 5.02. The summed E-state index contributed by atoms with van der Waals surface area (Å²) in [5.41, 5.74) is -0.309. The lowest BCUT2D eigenvalue weighted by Crippen LogP contribution is -2.39. The number of carbonyl (C=O) groups is 1. The Kier molecular flexibility index (Phi) is 6.23. The van der Waals surface area contributed by atoms with Crippen LogP contribution in [0.15, 0.2) is 74.8 Å². The number of fused-ring (bicyclic) bond motifs is 1. The van der Waals surface area contributed by atoms with Gasteiger partial charge in [0.1, 0.15) is 17.4 Å². The van der Waals surface area contributed by atoms with Gasteiger partial charge in [0.2, 0.25) is 0 Å². The molecule has 3 aromatic rings. The minimum absolute atomic E-state index is 0.00899. The van der Waals surface area contributed by atoms with E-state index in [-0.39, 0.29) is 29.3 Å². The number of ether oxygens (including phenoxy) is 2. The summed E-state index contributed by atoms with van der Waals surface area (Å²) in [5.74, 6) is -0.648. The van der Waals surface area contributed by atoms with E-state index in [4.69, 9.17) is 9.47 Å². The largest absolute Gasteiger partial charge is 0.497 e. The second-order valence-electron chi connectivity index (χ2n) is 7.46. The van der Waals surface area contributed by atoms with Crippen LogP contribution in [0.3, 0.4) is 0 Å². The molecule has 0 bridgehead atoms. The van der Waals surface area contributed by atoms with Gasteiger partial charge in [-0.1, -0.05) is 42.5 Å². The maximum atomic E-state index is 13.1. The van der Waals surface area contributed by atoms with Crippen LogP contribution in [0, 0.1) is 0 Å². The summed E-state index contributed by atoms with van der Waals surface area (Å²) >= 11 is 0. The highest BCUT2D eigenvalue weighted by Gasteiger charge is 2.33. The monoisotopic (exact) mass is 470 g/mol. The minimum Gasteiger partial charge on any atom is -0.497 e. The molecule has 10 heteroatoms. The van der Waals surface area contributed by atoms with E-state index < -0.39 is 33.6 Å². The zero-order valence-electron chi connectivity index (χ0n) is 17.7. The molecule has 9 nitrogen and oxygen atoms in total. The van der Waals surface area contributed by atoms with Crippen LogP contribution in [0.4, 0.5) is 0 Å². The summed E-state index contributed by atoms with van der Waals surface area (Å²) in [4.78, 5) is 40.7. The van der Waals surface area contributed by atoms with E-state index in [0.717, 1.165) is 10.1 Å². The number of H-pyrrole nitrogens is 1. The molecule has 3 N–H and O–H groups in total. The number of aromatic amines is 1. The number of hydrogen-bond donors (Lipinski definition) is 3. The van der Waals surface area contributed by atoms with Crippen LogP contribution in [-0.2, 0) is 22.7 Å². The Bertz CT molecular complexity index is 1340. The van der Waals surface area contributed by atoms with Crippen LogP contribution in [0.2, 0.25) is 0 Å². The van der Waals surface area contributed by atoms with Gasteiger partial charge in [-0.15, -0.1) is 10.6 Å². The third-order valence-electron chi connectivity index (χ3n) is 5.14. The Balaban J connectivity index is 1.65. The van der Waals surface area contributed by atoms with Crippen LogP contribution in [0.5, 0.6) is 5.75 Å². The number of hydrogen-bond acceptors (Lipinski definition) is 7. The molecule has 1 aliphatic heterocycles. The number of nitrogens with one attached hydrogen (secondary N) is 1. The smallest absolute Gasteiger partial charge is 0.335 e. The molecule has 0 radical (unpaired) electrons. The molecular formula is C23H22N2O7S. The number of nitrogens with zero attached hydrogens (tertiary/aromatic N) is 1. The molecule has 0 unspecified atom stereocenters. The van der Waals surface area contributed by atoms with Crippen LogP contribution in [0.1, 0.15) is 16.7 Å². The topological polar surface area (TPSA) is 131 Å². The second kappa shape index (κ2) is 9.10. The summed E-state index contributed by atoms with van der Waals surface area (Å²) in [7, 11) is -2.10. The van der Waals surface area contributed by atoms with Crippen LogP contribution in [-0.4, -0.2) is 37.5 Å². The number of methoxy groups -OCH3 is 1. The number of rotatable bonds is 6. The lowest BCUT2D eigenvalue weighted by atomic mass is 10.2. The van der Waals surface area contributed by atoms with E-state index in [1.54, 1.807) is 48.5 Å². The van der Waals surface area contributed by atoms with E-state index in [1.807, 2.05) is 6.07 Å². The van der Waals surface area contributed by atoms with Crippen LogP contribution < -0.4 is 16.0 Å². The van der Waals surface area contributed by atoms with Crippen molar-refractivity contribution in [2.45, 2.75) is 18.2 Å². The van der Waals surface area contributed by atoms with Crippen molar-refractivity contribution in [2.75, 3.05) is 12.9 Å². The van der Waals surface area contributed by atoms with Crippen molar-refractivity contribution in [2.24, 2.45) is 0 Å². The standard InChI is InChI=1S/C23H22N2O7S/c1-31-18-9-5-8-16(10-18)13-32-22(27)17-11-19-20(33(29,30)14-17)24-23(28)25(21(19)26)12-15-6-3-2-4-7-15/h2-11,29-30H,12-14H2,1H3,(H,24,28). The molecule has 0 aliphatic carbocycles. The van der Waals surface area contributed by atoms with Crippen molar-refractivity contribution in [1.29, 1.82) is 0 Å². The van der Waals surface area contributed by atoms with Gasteiger partial charge < -0.3 is 9.47 Å². The normalized spacial score (nSPS) is 15.2. The average molecular weight is 471 g/mol. The van der Waals surface area contributed by atoms with Crippen molar-refractivity contribution >= 4 is 22.6 Å². The fourth-order valence-electron chi connectivity index (χ4n) is 3.49. The number of benzene rings is 2. The molecule has 0 spiro atoms. The Morgan fingerprint density at radius 2 is 1.82 bits per heavy atom. The van der Waals surface area contributed by atoms with E-state index in [9.17, 15) is 23.5 Å². The van der Waals surface area contributed by atoms with Gasteiger partial charge in [0.15, 0.2) is 0 Å². The average Bonchev–Trinajstić information content (AvgIpc) is 2.81. The summed E-state index contributed by atoms with van der Waals surface area (Å²) in [5, 5.41) is -0.272. The summed E-state index contributed by atoms with van der Waals surface area (Å²) in [6, 6.07) is 15.8. The Hall–Kier alpha value is -3.60. The van der Waals surface area contributed by atoms with Gasteiger partial charge >= 0.3 is 11.7 Å². The van der Waals surface area contributed by atoms with Crippen molar-refractivity contribution in [3.63, 3.8) is 0 Å². The van der Waals surface area contributed by atoms with Crippen molar-refractivity contribution in [1.82, 2.24) is 9.55 Å². The lowest BCUT2D eigenvalue weighted by molar-refractivity contribution is -0.140. The van der Waals surface area contributed by atoms with Crippen LogP contribution >= 0.6 is 10.6 Å². The van der Waals surface area contributed by atoms with Crippen molar-refractivity contribution in [3.8, 4) is 5.75 Å². The zero-order valence-corrected chi connectivity index (χ0v) is 18.5. The molecule has 0 saturated carbocycles. The molecule has 2 aromatic carbocycles. The number of aromatic nitrogens is 2. The first kappa shape index (κ1) is 22.6. The van der Waals surface area contributed by atoms with E-state index >= 15 is 0 Å². The third kappa shape index (κ3) is 4.77. The molecule has 0 atom stereocenters. The first-order valence-corrected chi connectivity index (χ1v) is 11.7. The maximum absolute atomic E-state index is 13.1. The summed E-state index contributed by atoms with van der Waals surface area (Å²) < 4.78 is 32.6. The first-order valence-electron chi connectivity index (χ1n) is 9.96. The van der Waals surface area contributed by atoms with Crippen molar-refractivity contribution in [3.05, 3.63) is 97.7 Å². The molecule has 2 heterocycles. The van der Waals surface area contributed by atoms with E-state index in [2.05, 4.69) is 4.98 Å². The summed E-state index contributed by atoms with van der Waals surface area (Å²) in [6.07, 6.45) is 1.25. The highest BCUT2D eigenvalue weighted by molar-refractivity contribution is 8.24. The molecule has 172 valence electrons. The quantitative estimate of drug-likeness (QED) is 0.373. The third-order valence-corrected chi connectivity index (χ3v) is 6.83. The molecule has 1 aromatic heterocycles. The molecular weight excluding hydrogens is 448 g/mol. The van der Waals surface area contributed by atoms with E-state index in [1.165, 1.54) is 13.2 Å².